The van der Waals surface area contributed by atoms with Crippen molar-refractivity contribution < 1.29 is 5.11 Å². The summed E-state index contributed by atoms with van der Waals surface area (Å²) in [5.74, 6) is 0. The van der Waals surface area contributed by atoms with Gasteiger partial charge in [0.05, 0.1) is 0 Å². The van der Waals surface area contributed by atoms with Crippen molar-refractivity contribution in [1.82, 2.24) is 5.32 Å². The molecule has 0 radical (unpaired) electrons. The van der Waals surface area contributed by atoms with E-state index in [4.69, 9.17) is 10.8 Å². The molecule has 0 saturated carbocycles. The summed E-state index contributed by atoms with van der Waals surface area (Å²) in [5, 5.41) is 12.4. The highest BCUT2D eigenvalue weighted by Gasteiger charge is 2.15. The Morgan fingerprint density at radius 2 is 2.06 bits per heavy atom. The molecule has 3 heteroatoms. The van der Waals surface area contributed by atoms with Crippen LogP contribution < -0.4 is 11.1 Å². The van der Waals surface area contributed by atoms with Gasteiger partial charge in [0.25, 0.3) is 0 Å². The molecular weight excluding hydrogens is 224 g/mol. The molecule has 0 fully saturated rings. The zero-order valence-corrected chi connectivity index (χ0v) is 11.7. The number of aryl methyl sites for hydroxylation is 1. The van der Waals surface area contributed by atoms with Gasteiger partial charge in [0, 0.05) is 25.2 Å². The van der Waals surface area contributed by atoms with Gasteiger partial charge in [-0.15, -0.1) is 0 Å². The first-order valence-electron chi connectivity index (χ1n) is 6.73. The molecule has 0 bridgehead atoms. The fraction of sp³-hybridized carbons (Fsp3) is 0.600. The minimum absolute atomic E-state index is 0.193. The molecule has 0 aliphatic heterocycles. The number of aliphatic hydroxyl groups is 1. The predicted molar refractivity (Wildman–Crippen MR) is 76.6 cm³/mol. The molecule has 0 amide bonds. The smallest absolute Gasteiger partial charge is 0.0449 e. The second kappa shape index (κ2) is 7.52. The number of rotatable bonds is 7. The quantitative estimate of drug-likeness (QED) is 0.694. The van der Waals surface area contributed by atoms with Crippen LogP contribution in [0.15, 0.2) is 18.2 Å². The van der Waals surface area contributed by atoms with Crippen LogP contribution in [-0.4, -0.2) is 24.3 Å². The lowest BCUT2D eigenvalue weighted by atomic mass is 9.96. The maximum atomic E-state index is 8.85. The average molecular weight is 250 g/mol. The first-order valence-corrected chi connectivity index (χ1v) is 6.73. The maximum absolute atomic E-state index is 8.85. The van der Waals surface area contributed by atoms with E-state index >= 15 is 0 Å². The molecule has 4 N–H and O–H groups in total. The first kappa shape index (κ1) is 15.2. The molecule has 102 valence electrons. The Hall–Kier alpha value is -0.900. The number of hydrogen-bond acceptors (Lipinski definition) is 3. The Morgan fingerprint density at radius 3 is 2.67 bits per heavy atom. The van der Waals surface area contributed by atoms with Crippen LogP contribution in [0.4, 0.5) is 0 Å². The van der Waals surface area contributed by atoms with Gasteiger partial charge >= 0.3 is 0 Å². The van der Waals surface area contributed by atoms with Crippen molar-refractivity contribution in [2.75, 3.05) is 13.2 Å². The van der Waals surface area contributed by atoms with Gasteiger partial charge in [0.1, 0.15) is 0 Å². The lowest BCUT2D eigenvalue weighted by Crippen LogP contribution is -2.35. The standard InChI is InChI=1S/C15H26N2O/c1-11-6-4-8-14(13(11)3)15(10-16)17-12(2)7-5-9-18/h4,6,8,12,15,17-18H,5,7,9-10,16H2,1-3H3. The summed E-state index contributed by atoms with van der Waals surface area (Å²) in [7, 11) is 0. The van der Waals surface area contributed by atoms with Gasteiger partial charge in [-0.1, -0.05) is 18.2 Å². The summed E-state index contributed by atoms with van der Waals surface area (Å²) in [6.45, 7) is 7.26. The number of nitrogens with two attached hydrogens (primary N) is 1. The molecule has 0 aliphatic rings. The lowest BCUT2D eigenvalue weighted by molar-refractivity contribution is 0.274. The van der Waals surface area contributed by atoms with E-state index in [1.54, 1.807) is 0 Å². The van der Waals surface area contributed by atoms with Crippen LogP contribution in [0.2, 0.25) is 0 Å². The monoisotopic (exact) mass is 250 g/mol. The second-order valence-corrected chi connectivity index (χ2v) is 5.01. The van der Waals surface area contributed by atoms with Crippen LogP contribution >= 0.6 is 0 Å². The second-order valence-electron chi connectivity index (χ2n) is 5.01. The summed E-state index contributed by atoms with van der Waals surface area (Å²) in [6.07, 6.45) is 1.80. The van der Waals surface area contributed by atoms with E-state index in [0.717, 1.165) is 12.8 Å². The summed E-state index contributed by atoms with van der Waals surface area (Å²) in [5.41, 5.74) is 9.79. The van der Waals surface area contributed by atoms with E-state index in [1.807, 2.05) is 0 Å². The minimum Gasteiger partial charge on any atom is -0.396 e. The molecule has 0 aromatic heterocycles. The molecule has 1 aromatic carbocycles. The van der Waals surface area contributed by atoms with Crippen molar-refractivity contribution in [3.05, 3.63) is 34.9 Å². The summed E-state index contributed by atoms with van der Waals surface area (Å²) < 4.78 is 0. The number of aliphatic hydroxyl groups excluding tert-OH is 1. The molecule has 2 unspecified atom stereocenters. The van der Waals surface area contributed by atoms with Gasteiger partial charge in [0.15, 0.2) is 0 Å². The SMILES string of the molecule is Cc1cccc(C(CN)NC(C)CCCO)c1C. The number of nitrogens with one attached hydrogen (secondary N) is 1. The van der Waals surface area contributed by atoms with E-state index in [0.29, 0.717) is 12.6 Å². The molecule has 0 aliphatic carbocycles. The van der Waals surface area contributed by atoms with Crippen LogP contribution in [0.1, 0.15) is 42.5 Å². The van der Waals surface area contributed by atoms with Gasteiger partial charge < -0.3 is 16.2 Å². The Balaban J connectivity index is 2.74. The molecule has 2 atom stereocenters. The van der Waals surface area contributed by atoms with Gasteiger partial charge in [-0.3, -0.25) is 0 Å². The third-order valence-corrected chi connectivity index (χ3v) is 3.54. The van der Waals surface area contributed by atoms with Gasteiger partial charge in [-0.25, -0.2) is 0 Å². The average Bonchev–Trinajstić information content (AvgIpc) is 2.37. The van der Waals surface area contributed by atoms with Crippen LogP contribution in [0.5, 0.6) is 0 Å². The van der Waals surface area contributed by atoms with E-state index in [9.17, 15) is 0 Å². The number of benzene rings is 1. The zero-order chi connectivity index (χ0) is 13.5. The molecule has 0 saturated heterocycles. The Bertz CT molecular complexity index is 366. The van der Waals surface area contributed by atoms with E-state index in [2.05, 4.69) is 44.3 Å². The van der Waals surface area contributed by atoms with Crippen LogP contribution in [0.25, 0.3) is 0 Å². The van der Waals surface area contributed by atoms with Crippen molar-refractivity contribution in [2.45, 2.75) is 45.7 Å². The summed E-state index contributed by atoms with van der Waals surface area (Å²) >= 11 is 0. The molecular formula is C15H26N2O. The first-order chi connectivity index (χ1) is 8.60. The van der Waals surface area contributed by atoms with Crippen LogP contribution in [-0.2, 0) is 0 Å². The van der Waals surface area contributed by atoms with E-state index in [-0.39, 0.29) is 12.6 Å². The predicted octanol–water partition coefficient (Wildman–Crippen LogP) is 2.05. The molecule has 3 nitrogen and oxygen atoms in total. The molecule has 1 aromatic rings. The summed E-state index contributed by atoms with van der Waals surface area (Å²) in [4.78, 5) is 0. The van der Waals surface area contributed by atoms with E-state index < -0.39 is 0 Å². The van der Waals surface area contributed by atoms with E-state index in [1.165, 1.54) is 16.7 Å². The highest BCUT2D eigenvalue weighted by atomic mass is 16.2. The van der Waals surface area contributed by atoms with Crippen molar-refractivity contribution in [3.63, 3.8) is 0 Å². The molecule has 0 spiro atoms. The lowest BCUT2D eigenvalue weighted by Gasteiger charge is -2.24. The zero-order valence-electron chi connectivity index (χ0n) is 11.7. The van der Waals surface area contributed by atoms with Gasteiger partial charge in [-0.05, 0) is 50.3 Å². The van der Waals surface area contributed by atoms with Crippen molar-refractivity contribution in [3.8, 4) is 0 Å². The minimum atomic E-state index is 0.193. The Kier molecular flexibility index (Phi) is 6.33. The Labute approximate surface area is 110 Å². The van der Waals surface area contributed by atoms with Crippen LogP contribution in [0, 0.1) is 13.8 Å². The fourth-order valence-corrected chi connectivity index (χ4v) is 2.26. The van der Waals surface area contributed by atoms with Crippen molar-refractivity contribution in [1.29, 1.82) is 0 Å². The van der Waals surface area contributed by atoms with Crippen molar-refractivity contribution in [2.24, 2.45) is 5.73 Å². The molecule has 0 heterocycles. The highest BCUT2D eigenvalue weighted by Crippen LogP contribution is 2.20. The van der Waals surface area contributed by atoms with Gasteiger partial charge in [0.2, 0.25) is 0 Å². The molecule has 1 rings (SSSR count). The summed E-state index contributed by atoms with van der Waals surface area (Å²) in [6, 6.07) is 6.91. The van der Waals surface area contributed by atoms with Crippen molar-refractivity contribution >= 4 is 0 Å². The third-order valence-electron chi connectivity index (χ3n) is 3.54. The highest BCUT2D eigenvalue weighted by molar-refractivity contribution is 5.35. The largest absolute Gasteiger partial charge is 0.396 e. The molecule has 18 heavy (non-hydrogen) atoms. The van der Waals surface area contributed by atoms with Crippen LogP contribution in [0.3, 0.4) is 0 Å². The topological polar surface area (TPSA) is 58.3 Å². The Morgan fingerprint density at radius 1 is 1.33 bits per heavy atom. The normalized spacial score (nSPS) is 14.5. The third kappa shape index (κ3) is 4.09. The number of hydrogen-bond donors (Lipinski definition) is 3. The van der Waals surface area contributed by atoms with Gasteiger partial charge in [-0.2, -0.15) is 0 Å². The maximum Gasteiger partial charge on any atom is 0.0449 e. The fourth-order valence-electron chi connectivity index (χ4n) is 2.26.